The molecule has 0 spiro atoms. The van der Waals surface area contributed by atoms with Gasteiger partial charge in [0.05, 0.1) is 29.5 Å². The summed E-state index contributed by atoms with van der Waals surface area (Å²) in [5.74, 6) is 1.93. The lowest BCUT2D eigenvalue weighted by molar-refractivity contribution is -0.0211. The predicted molar refractivity (Wildman–Crippen MR) is 63.6 cm³/mol. The Hall–Kier alpha value is -0.100. The number of rotatable bonds is 3. The Labute approximate surface area is 97.9 Å². The zero-order valence-corrected chi connectivity index (χ0v) is 10.3. The largest absolute Gasteiger partial charge is 0.390 e. The average Bonchev–Trinajstić information content (AvgIpc) is 2.65. The standard InChI is InChI=1S/C10H15NO2S2/c1-7-11-8(5-15-7)4-9(12)10-6-14-3-2-13-10/h5,9-10,12H,2-4,6H2,1H3. The SMILES string of the molecule is Cc1nc(CC(O)C2CSCCO2)cs1. The van der Waals surface area contributed by atoms with E-state index >= 15 is 0 Å². The first kappa shape index (κ1) is 11.4. The molecule has 1 aromatic heterocycles. The number of aliphatic hydroxyl groups excluding tert-OH is 1. The van der Waals surface area contributed by atoms with Crippen LogP contribution in [0, 0.1) is 6.92 Å². The monoisotopic (exact) mass is 245 g/mol. The van der Waals surface area contributed by atoms with Crippen LogP contribution in [0.1, 0.15) is 10.7 Å². The van der Waals surface area contributed by atoms with Gasteiger partial charge >= 0.3 is 0 Å². The van der Waals surface area contributed by atoms with Crippen molar-refractivity contribution < 1.29 is 9.84 Å². The first-order chi connectivity index (χ1) is 7.25. The van der Waals surface area contributed by atoms with E-state index in [4.69, 9.17) is 4.74 Å². The third kappa shape index (κ3) is 3.17. The Kier molecular flexibility index (Phi) is 4.02. The molecule has 1 saturated heterocycles. The fourth-order valence-corrected chi connectivity index (χ4v) is 3.13. The molecule has 1 fully saturated rings. The second-order valence-electron chi connectivity index (χ2n) is 3.61. The van der Waals surface area contributed by atoms with Gasteiger partial charge in [-0.15, -0.1) is 11.3 Å². The van der Waals surface area contributed by atoms with Crippen molar-refractivity contribution in [2.45, 2.75) is 25.6 Å². The van der Waals surface area contributed by atoms with E-state index in [0.717, 1.165) is 28.8 Å². The van der Waals surface area contributed by atoms with Crippen LogP contribution < -0.4 is 0 Å². The summed E-state index contributed by atoms with van der Waals surface area (Å²) in [4.78, 5) is 4.34. The third-order valence-corrected chi connectivity index (χ3v) is 4.20. The van der Waals surface area contributed by atoms with Gasteiger partial charge in [0.15, 0.2) is 0 Å². The van der Waals surface area contributed by atoms with Crippen molar-refractivity contribution in [1.82, 2.24) is 4.98 Å². The molecule has 2 rings (SSSR count). The van der Waals surface area contributed by atoms with E-state index in [9.17, 15) is 5.11 Å². The highest BCUT2D eigenvalue weighted by Gasteiger charge is 2.23. The minimum Gasteiger partial charge on any atom is -0.390 e. The zero-order valence-electron chi connectivity index (χ0n) is 8.68. The fraction of sp³-hybridized carbons (Fsp3) is 0.700. The van der Waals surface area contributed by atoms with E-state index < -0.39 is 6.10 Å². The summed E-state index contributed by atoms with van der Waals surface area (Å²) in [6.45, 7) is 2.73. The van der Waals surface area contributed by atoms with Gasteiger partial charge in [-0.1, -0.05) is 0 Å². The number of aromatic nitrogens is 1. The van der Waals surface area contributed by atoms with Crippen molar-refractivity contribution in [2.75, 3.05) is 18.1 Å². The molecule has 3 nitrogen and oxygen atoms in total. The van der Waals surface area contributed by atoms with Crippen molar-refractivity contribution in [3.05, 3.63) is 16.1 Å². The number of hydrogen-bond donors (Lipinski definition) is 1. The summed E-state index contributed by atoms with van der Waals surface area (Å²) in [6, 6.07) is 0. The maximum atomic E-state index is 9.96. The normalized spacial score (nSPS) is 24.0. The van der Waals surface area contributed by atoms with Gasteiger partial charge in [0.2, 0.25) is 0 Å². The lowest BCUT2D eigenvalue weighted by Gasteiger charge is -2.26. The van der Waals surface area contributed by atoms with Gasteiger partial charge in [0, 0.05) is 23.3 Å². The molecule has 1 aliphatic heterocycles. The number of aliphatic hydroxyl groups is 1. The van der Waals surface area contributed by atoms with Crippen LogP contribution in [0.2, 0.25) is 0 Å². The van der Waals surface area contributed by atoms with Gasteiger partial charge in [-0.25, -0.2) is 4.98 Å². The Morgan fingerprint density at radius 1 is 1.73 bits per heavy atom. The number of thioether (sulfide) groups is 1. The Morgan fingerprint density at radius 3 is 3.20 bits per heavy atom. The van der Waals surface area contributed by atoms with Crippen LogP contribution in [0.25, 0.3) is 0 Å². The van der Waals surface area contributed by atoms with Gasteiger partial charge < -0.3 is 9.84 Å². The molecule has 5 heteroatoms. The summed E-state index contributed by atoms with van der Waals surface area (Å²) in [6.07, 6.45) is 0.167. The minimum atomic E-state index is -0.417. The van der Waals surface area contributed by atoms with Gasteiger partial charge in [0.25, 0.3) is 0 Å². The summed E-state index contributed by atoms with van der Waals surface area (Å²) < 4.78 is 5.52. The summed E-state index contributed by atoms with van der Waals surface area (Å²) >= 11 is 3.47. The molecule has 0 aromatic carbocycles. The molecule has 0 amide bonds. The second-order valence-corrected chi connectivity index (χ2v) is 5.83. The minimum absolute atomic E-state index is 0.0224. The predicted octanol–water partition coefficient (Wildman–Crippen LogP) is 1.49. The van der Waals surface area contributed by atoms with Gasteiger partial charge in [0.1, 0.15) is 0 Å². The Balaban J connectivity index is 1.88. The lowest BCUT2D eigenvalue weighted by atomic mass is 10.1. The molecule has 0 radical (unpaired) electrons. The lowest BCUT2D eigenvalue weighted by Crippen LogP contribution is -2.36. The first-order valence-electron chi connectivity index (χ1n) is 5.04. The number of thiazole rings is 1. The fourth-order valence-electron chi connectivity index (χ4n) is 1.58. The molecule has 84 valence electrons. The number of nitrogens with zero attached hydrogens (tertiary/aromatic N) is 1. The molecule has 1 aromatic rings. The van der Waals surface area contributed by atoms with E-state index in [0.29, 0.717) is 6.42 Å². The molecule has 15 heavy (non-hydrogen) atoms. The van der Waals surface area contributed by atoms with Gasteiger partial charge in [-0.2, -0.15) is 11.8 Å². The number of hydrogen-bond acceptors (Lipinski definition) is 5. The molecule has 0 bridgehead atoms. The number of ether oxygens (including phenoxy) is 1. The maximum Gasteiger partial charge on any atom is 0.0928 e. The summed E-state index contributed by atoms with van der Waals surface area (Å²) in [5.41, 5.74) is 0.976. The van der Waals surface area contributed by atoms with Gasteiger partial charge in [-0.3, -0.25) is 0 Å². The molecule has 0 saturated carbocycles. The average molecular weight is 245 g/mol. The van der Waals surface area contributed by atoms with Crippen molar-refractivity contribution in [3.8, 4) is 0 Å². The van der Waals surface area contributed by atoms with Crippen molar-refractivity contribution in [3.63, 3.8) is 0 Å². The smallest absolute Gasteiger partial charge is 0.0928 e. The van der Waals surface area contributed by atoms with Crippen LogP contribution in [0.3, 0.4) is 0 Å². The van der Waals surface area contributed by atoms with Gasteiger partial charge in [-0.05, 0) is 6.92 Å². The third-order valence-electron chi connectivity index (χ3n) is 2.36. The quantitative estimate of drug-likeness (QED) is 0.876. The van der Waals surface area contributed by atoms with E-state index in [-0.39, 0.29) is 6.10 Å². The highest BCUT2D eigenvalue weighted by atomic mass is 32.2. The Morgan fingerprint density at radius 2 is 2.60 bits per heavy atom. The zero-order chi connectivity index (χ0) is 10.7. The molecule has 2 unspecified atom stereocenters. The molecule has 2 heterocycles. The van der Waals surface area contributed by atoms with Crippen molar-refractivity contribution in [2.24, 2.45) is 0 Å². The maximum absolute atomic E-state index is 9.96. The van der Waals surface area contributed by atoms with Crippen LogP contribution in [-0.2, 0) is 11.2 Å². The Bertz CT molecular complexity index is 310. The van der Waals surface area contributed by atoms with Crippen LogP contribution in [-0.4, -0.2) is 40.4 Å². The van der Waals surface area contributed by atoms with Crippen LogP contribution in [0.4, 0.5) is 0 Å². The van der Waals surface area contributed by atoms with Crippen LogP contribution >= 0.6 is 23.1 Å². The molecule has 1 aliphatic rings. The van der Waals surface area contributed by atoms with E-state index in [1.54, 1.807) is 11.3 Å². The highest BCUT2D eigenvalue weighted by Crippen LogP contribution is 2.18. The molecular formula is C10H15NO2S2. The second kappa shape index (κ2) is 5.30. The molecule has 1 N–H and O–H groups in total. The summed E-state index contributed by atoms with van der Waals surface area (Å²) in [7, 11) is 0. The van der Waals surface area contributed by atoms with Crippen molar-refractivity contribution >= 4 is 23.1 Å². The van der Waals surface area contributed by atoms with Crippen LogP contribution in [0.5, 0.6) is 0 Å². The van der Waals surface area contributed by atoms with E-state index in [1.165, 1.54) is 0 Å². The summed E-state index contributed by atoms with van der Waals surface area (Å²) in [5, 5.41) is 13.0. The van der Waals surface area contributed by atoms with E-state index in [2.05, 4.69) is 4.98 Å². The van der Waals surface area contributed by atoms with E-state index in [1.807, 2.05) is 24.1 Å². The van der Waals surface area contributed by atoms with Crippen molar-refractivity contribution in [1.29, 1.82) is 0 Å². The number of aryl methyl sites for hydroxylation is 1. The van der Waals surface area contributed by atoms with Crippen LogP contribution in [0.15, 0.2) is 5.38 Å². The topological polar surface area (TPSA) is 42.4 Å². The molecular weight excluding hydrogens is 230 g/mol. The molecule has 0 aliphatic carbocycles. The molecule has 2 atom stereocenters. The first-order valence-corrected chi connectivity index (χ1v) is 7.07. The highest BCUT2D eigenvalue weighted by molar-refractivity contribution is 7.99.